The molecule has 2 amide bonds. The molecule has 0 spiro atoms. The summed E-state index contributed by atoms with van der Waals surface area (Å²) in [5.41, 5.74) is -2.78. The van der Waals surface area contributed by atoms with Crippen LogP contribution in [0.5, 0.6) is 11.6 Å². The molecule has 2 aliphatic carbocycles. The quantitative estimate of drug-likeness (QED) is 0.225. The number of Topliss-reactive ketones (excluding diaryl/α,β-unsaturated/α-hetero) is 1. The Morgan fingerprint density at radius 1 is 1.05 bits per heavy atom. The van der Waals surface area contributed by atoms with Gasteiger partial charge in [0, 0.05) is 32.6 Å². The number of hydrogen-bond donors (Lipinski definition) is 1. The van der Waals surface area contributed by atoms with Crippen LogP contribution in [0.1, 0.15) is 84.3 Å². The number of carbonyl (C=O) groups is 4. The van der Waals surface area contributed by atoms with Gasteiger partial charge in [-0.3, -0.25) is 23.9 Å². The van der Waals surface area contributed by atoms with Crippen LogP contribution in [-0.2, 0) is 38.7 Å². The number of benzene rings is 1. The first-order valence-electron chi connectivity index (χ1n) is 20.0. The molecule has 1 N–H and O–H groups in total. The van der Waals surface area contributed by atoms with E-state index in [0.29, 0.717) is 54.6 Å². The maximum atomic E-state index is 15.0. The summed E-state index contributed by atoms with van der Waals surface area (Å²) in [7, 11) is -1.02. The number of amides is 2. The van der Waals surface area contributed by atoms with E-state index in [9.17, 15) is 36.0 Å². The fraction of sp³-hybridized carbons (Fsp3) is 0.659. The van der Waals surface area contributed by atoms with Crippen LogP contribution in [0.15, 0.2) is 30.4 Å². The van der Waals surface area contributed by atoms with Crippen molar-refractivity contribution in [1.82, 2.24) is 19.6 Å². The number of allylic oxidation sites excluding steroid dienone is 2. The lowest BCUT2D eigenvalue weighted by atomic mass is 9.81. The van der Waals surface area contributed by atoms with Crippen molar-refractivity contribution in [2.75, 3.05) is 27.4 Å². The van der Waals surface area contributed by atoms with E-state index in [1.54, 1.807) is 25.1 Å². The van der Waals surface area contributed by atoms with Gasteiger partial charge in [0.15, 0.2) is 5.78 Å². The average Bonchev–Trinajstić information content (AvgIpc) is 4.08. The number of hydrogen-bond acceptors (Lipinski definition) is 12. The molecule has 4 aliphatic rings. The largest absolute Gasteiger partial charge is 0.497 e. The topological polar surface area (TPSA) is 180 Å². The standard InChI is InChI=1S/C41H53F3N4O10S/c1-23-9-7-8-10-26-19-40(26,38(52)47-59(53,54)29-12-13-29)20-34(49)33-17-28(57-36-24(2)45-31-14-11-27(56-6)16-32(31)46-36)21-48(33)37(51)30(25(15-23)22-55-5)18-35(50)58-39(3,4)41(42,43)44/h8,10-11,14,16,23,25-26,28-30,33H,7,9,12-13,15,17-22H2,1-6H3,(H,47,52)/b10-8-/t23-,25+,26-,28-,30+,33+,40-/m1/s1. The third-order valence-corrected chi connectivity index (χ3v) is 13.9. The molecule has 18 heteroatoms. The molecule has 6 rings (SSSR count). The Morgan fingerprint density at radius 3 is 2.44 bits per heavy atom. The Hall–Kier alpha value is -4.32. The van der Waals surface area contributed by atoms with Gasteiger partial charge >= 0.3 is 12.1 Å². The van der Waals surface area contributed by atoms with E-state index in [4.69, 9.17) is 18.9 Å². The first kappa shape index (κ1) is 44.2. The van der Waals surface area contributed by atoms with Gasteiger partial charge in [0.2, 0.25) is 33.3 Å². The smallest absolute Gasteiger partial charge is 0.427 e. The minimum absolute atomic E-state index is 0.0188. The lowest BCUT2D eigenvalue weighted by molar-refractivity contribution is -0.257. The van der Waals surface area contributed by atoms with E-state index in [-0.39, 0.29) is 37.8 Å². The number of esters is 1. The second kappa shape index (κ2) is 17.0. The van der Waals surface area contributed by atoms with Crippen LogP contribution in [0.2, 0.25) is 0 Å². The molecule has 0 bridgehead atoms. The first-order valence-corrected chi connectivity index (χ1v) is 21.5. The van der Waals surface area contributed by atoms with Crippen molar-refractivity contribution in [3.63, 3.8) is 0 Å². The zero-order valence-corrected chi connectivity index (χ0v) is 35.0. The summed E-state index contributed by atoms with van der Waals surface area (Å²) in [5.74, 6) is -5.02. The van der Waals surface area contributed by atoms with Gasteiger partial charge in [-0.1, -0.05) is 19.1 Å². The molecule has 2 aliphatic heterocycles. The summed E-state index contributed by atoms with van der Waals surface area (Å²) in [6.07, 6.45) is -0.600. The van der Waals surface area contributed by atoms with Gasteiger partial charge in [-0.05, 0) is 89.2 Å². The first-order chi connectivity index (χ1) is 27.7. The molecule has 0 unspecified atom stereocenters. The molecule has 3 heterocycles. The number of halogens is 3. The number of ether oxygens (including phenoxy) is 4. The maximum Gasteiger partial charge on any atom is 0.427 e. The van der Waals surface area contributed by atoms with Gasteiger partial charge < -0.3 is 23.8 Å². The summed E-state index contributed by atoms with van der Waals surface area (Å²) in [5, 5.41) is -0.677. The Morgan fingerprint density at radius 2 is 1.78 bits per heavy atom. The van der Waals surface area contributed by atoms with Crippen LogP contribution in [0.3, 0.4) is 0 Å². The summed E-state index contributed by atoms with van der Waals surface area (Å²) in [4.78, 5) is 67.4. The Balaban J connectivity index is 1.37. The highest BCUT2D eigenvalue weighted by atomic mass is 32.2. The van der Waals surface area contributed by atoms with Gasteiger partial charge in [0.25, 0.3) is 0 Å². The van der Waals surface area contributed by atoms with Gasteiger partial charge in [-0.25, -0.2) is 18.4 Å². The van der Waals surface area contributed by atoms with Crippen LogP contribution in [0.25, 0.3) is 11.0 Å². The molecule has 0 radical (unpaired) electrons. The van der Waals surface area contributed by atoms with Crippen molar-refractivity contribution < 1.29 is 59.7 Å². The Kier molecular flexibility index (Phi) is 12.7. The van der Waals surface area contributed by atoms with Gasteiger partial charge in [0.1, 0.15) is 17.5 Å². The van der Waals surface area contributed by atoms with Crippen molar-refractivity contribution in [2.24, 2.45) is 29.1 Å². The van der Waals surface area contributed by atoms with Gasteiger partial charge in [0.05, 0.1) is 53.7 Å². The molecule has 14 nitrogen and oxygen atoms in total. The van der Waals surface area contributed by atoms with Crippen molar-refractivity contribution in [2.45, 2.75) is 115 Å². The fourth-order valence-corrected chi connectivity index (χ4v) is 9.64. The number of nitrogens with zero attached hydrogens (tertiary/aromatic N) is 3. The zero-order valence-electron chi connectivity index (χ0n) is 34.2. The number of alkyl halides is 3. The van der Waals surface area contributed by atoms with E-state index in [1.807, 2.05) is 19.1 Å². The summed E-state index contributed by atoms with van der Waals surface area (Å²) >= 11 is 0. The normalized spacial score (nSPS) is 28.8. The molecule has 59 heavy (non-hydrogen) atoms. The Labute approximate surface area is 342 Å². The summed E-state index contributed by atoms with van der Waals surface area (Å²) in [6.45, 7) is 4.89. The molecular weight excluding hydrogens is 798 g/mol. The van der Waals surface area contributed by atoms with Crippen LogP contribution in [0.4, 0.5) is 13.2 Å². The highest BCUT2D eigenvalue weighted by Gasteiger charge is 2.62. The van der Waals surface area contributed by atoms with Crippen molar-refractivity contribution >= 4 is 44.6 Å². The zero-order chi connectivity index (χ0) is 43.1. The number of rotatable bonds is 11. The van der Waals surface area contributed by atoms with Crippen LogP contribution in [-0.4, -0.2) is 103 Å². The van der Waals surface area contributed by atoms with Crippen molar-refractivity contribution in [3.05, 3.63) is 36.0 Å². The van der Waals surface area contributed by atoms with Crippen LogP contribution < -0.4 is 14.2 Å². The third kappa shape index (κ3) is 9.84. The molecule has 3 fully saturated rings. The van der Waals surface area contributed by atoms with Gasteiger partial charge in [-0.2, -0.15) is 13.2 Å². The highest BCUT2D eigenvalue weighted by molar-refractivity contribution is 7.90. The predicted molar refractivity (Wildman–Crippen MR) is 207 cm³/mol. The van der Waals surface area contributed by atoms with Crippen molar-refractivity contribution in [1.29, 1.82) is 0 Å². The lowest BCUT2D eigenvalue weighted by Gasteiger charge is -2.34. The maximum absolute atomic E-state index is 15.0. The van der Waals surface area contributed by atoms with E-state index in [1.165, 1.54) is 19.1 Å². The lowest BCUT2D eigenvalue weighted by Crippen LogP contribution is -2.49. The molecule has 2 saturated carbocycles. The molecule has 1 saturated heterocycles. The van der Waals surface area contributed by atoms with E-state index >= 15 is 4.79 Å². The molecule has 1 aromatic heterocycles. The van der Waals surface area contributed by atoms with E-state index < -0.39 is 98.8 Å². The third-order valence-electron chi connectivity index (χ3n) is 12.1. The molecule has 2 aromatic rings. The fourth-order valence-electron chi connectivity index (χ4n) is 8.26. The number of sulfonamides is 1. The number of ketones is 1. The SMILES string of the molecule is COC[C@@H]1C[C@H](C)CC/C=C\[C@@H]2C[C@@]2(C(=O)NS(=O)(=O)C2CC2)CC(=O)[C@@H]2C[C@@H](Oc3nc4cc(OC)ccc4nc3C)CN2C(=O)[C@H]1CC(=O)OC(C)(C)C(F)(F)F. The second-order valence-corrected chi connectivity index (χ2v) is 19.1. The Bertz CT molecular complexity index is 2090. The van der Waals surface area contributed by atoms with Gasteiger partial charge in [-0.15, -0.1) is 0 Å². The minimum atomic E-state index is -4.89. The molecular formula is C41H53F3N4O10S. The summed E-state index contributed by atoms with van der Waals surface area (Å²) < 4.78 is 91.8. The molecule has 7 atom stereocenters. The monoisotopic (exact) mass is 850 g/mol. The molecule has 1 aromatic carbocycles. The van der Waals surface area contributed by atoms with E-state index in [0.717, 1.165) is 13.8 Å². The second-order valence-electron chi connectivity index (χ2n) is 17.1. The number of nitrogens with one attached hydrogen (secondary N) is 1. The minimum Gasteiger partial charge on any atom is -0.497 e. The van der Waals surface area contributed by atoms with Crippen LogP contribution >= 0.6 is 0 Å². The average molecular weight is 851 g/mol. The summed E-state index contributed by atoms with van der Waals surface area (Å²) in [6, 6.07) is 3.93. The number of carbonyl (C=O) groups excluding carboxylic acids is 4. The van der Waals surface area contributed by atoms with E-state index in [2.05, 4.69) is 14.7 Å². The number of aromatic nitrogens is 2. The highest BCUT2D eigenvalue weighted by Crippen LogP contribution is 2.57. The number of fused-ring (bicyclic) bond motifs is 3. The predicted octanol–water partition coefficient (Wildman–Crippen LogP) is 5.40. The molecule has 324 valence electrons. The number of aryl methyl sites for hydroxylation is 1. The van der Waals surface area contributed by atoms with Crippen molar-refractivity contribution in [3.8, 4) is 11.6 Å². The van der Waals surface area contributed by atoms with Crippen LogP contribution in [0, 0.1) is 36.0 Å². The number of methoxy groups -OCH3 is 2.